The highest BCUT2D eigenvalue weighted by molar-refractivity contribution is 9.10. The van der Waals surface area contributed by atoms with Crippen LogP contribution in [0.3, 0.4) is 0 Å². The van der Waals surface area contributed by atoms with E-state index >= 15 is 0 Å². The van der Waals surface area contributed by atoms with Gasteiger partial charge in [0.25, 0.3) is 0 Å². The smallest absolute Gasteiger partial charge is 0.311 e. The molecule has 0 aromatic heterocycles. The molecule has 0 aliphatic carbocycles. The summed E-state index contributed by atoms with van der Waals surface area (Å²) in [7, 11) is 1.42. The molecule has 2 rings (SSSR count). The molecule has 21 heavy (non-hydrogen) atoms. The fourth-order valence-electron chi connectivity index (χ4n) is 1.90. The molecule has 0 bridgehead atoms. The van der Waals surface area contributed by atoms with Gasteiger partial charge in [-0.25, -0.2) is 0 Å². The second-order valence-corrected chi connectivity index (χ2v) is 5.44. The molecule has 2 aromatic carbocycles. The van der Waals surface area contributed by atoms with Crippen LogP contribution in [0, 0.1) is 17.0 Å². The number of ether oxygens (including phenoxy) is 1. The van der Waals surface area contributed by atoms with Crippen molar-refractivity contribution >= 4 is 27.3 Å². The number of rotatable bonds is 5. The van der Waals surface area contributed by atoms with Crippen molar-refractivity contribution in [2.75, 3.05) is 12.4 Å². The van der Waals surface area contributed by atoms with Crippen molar-refractivity contribution in [1.82, 2.24) is 0 Å². The number of nitro groups is 1. The van der Waals surface area contributed by atoms with Crippen molar-refractivity contribution in [3.05, 3.63) is 62.1 Å². The molecule has 0 aliphatic rings. The molecule has 2 aromatic rings. The summed E-state index contributed by atoms with van der Waals surface area (Å²) in [6, 6.07) is 10.9. The van der Waals surface area contributed by atoms with Gasteiger partial charge in [0.05, 0.1) is 12.0 Å². The van der Waals surface area contributed by atoms with Crippen LogP contribution in [0.25, 0.3) is 0 Å². The van der Waals surface area contributed by atoms with Crippen molar-refractivity contribution in [2.24, 2.45) is 0 Å². The standard InChI is InChI=1S/C15H15BrN2O3/c1-10-3-5-12(8-13(10)16)17-9-11-4-6-15(21-2)14(7-11)18(19)20/h3-8,17H,9H2,1-2H3. The number of nitro benzene ring substituents is 1. The highest BCUT2D eigenvalue weighted by atomic mass is 79.9. The van der Waals surface area contributed by atoms with Gasteiger partial charge in [-0.05, 0) is 36.2 Å². The summed E-state index contributed by atoms with van der Waals surface area (Å²) in [6.07, 6.45) is 0. The molecule has 0 spiro atoms. The monoisotopic (exact) mass is 350 g/mol. The Morgan fingerprint density at radius 1 is 1.29 bits per heavy atom. The third kappa shape index (κ3) is 3.72. The summed E-state index contributed by atoms with van der Waals surface area (Å²) in [4.78, 5) is 10.5. The molecule has 110 valence electrons. The molecule has 0 amide bonds. The van der Waals surface area contributed by atoms with Crippen LogP contribution < -0.4 is 10.1 Å². The lowest BCUT2D eigenvalue weighted by Crippen LogP contribution is -2.01. The van der Waals surface area contributed by atoms with Crippen molar-refractivity contribution in [3.63, 3.8) is 0 Å². The molecule has 0 fully saturated rings. The highest BCUT2D eigenvalue weighted by Gasteiger charge is 2.14. The number of nitrogens with one attached hydrogen (secondary N) is 1. The summed E-state index contributed by atoms with van der Waals surface area (Å²) in [5.74, 6) is 0.266. The quantitative estimate of drug-likeness (QED) is 0.645. The van der Waals surface area contributed by atoms with Gasteiger partial charge in [0.15, 0.2) is 5.75 Å². The molecular weight excluding hydrogens is 336 g/mol. The molecule has 0 saturated carbocycles. The van der Waals surface area contributed by atoms with E-state index in [1.54, 1.807) is 6.07 Å². The lowest BCUT2D eigenvalue weighted by molar-refractivity contribution is -0.385. The van der Waals surface area contributed by atoms with E-state index in [9.17, 15) is 10.1 Å². The van der Waals surface area contributed by atoms with Crippen LogP contribution in [0.4, 0.5) is 11.4 Å². The van der Waals surface area contributed by atoms with Gasteiger partial charge in [0, 0.05) is 22.8 Å². The minimum Gasteiger partial charge on any atom is -0.490 e. The van der Waals surface area contributed by atoms with Gasteiger partial charge in [-0.15, -0.1) is 0 Å². The first-order valence-electron chi connectivity index (χ1n) is 6.32. The maximum atomic E-state index is 11.0. The van der Waals surface area contributed by atoms with Crippen LogP contribution in [-0.4, -0.2) is 12.0 Å². The van der Waals surface area contributed by atoms with E-state index in [0.717, 1.165) is 21.3 Å². The Balaban J connectivity index is 2.14. The summed E-state index contributed by atoms with van der Waals surface area (Å²) in [6.45, 7) is 2.51. The van der Waals surface area contributed by atoms with Crippen molar-refractivity contribution in [2.45, 2.75) is 13.5 Å². The molecule has 0 saturated heterocycles. The summed E-state index contributed by atoms with van der Waals surface area (Å²) in [5.41, 5.74) is 2.90. The van der Waals surface area contributed by atoms with Gasteiger partial charge in [-0.2, -0.15) is 0 Å². The Morgan fingerprint density at radius 2 is 2.05 bits per heavy atom. The van der Waals surface area contributed by atoms with E-state index in [-0.39, 0.29) is 11.4 Å². The number of hydrogen-bond donors (Lipinski definition) is 1. The summed E-state index contributed by atoms with van der Waals surface area (Å²) < 4.78 is 6.01. The maximum absolute atomic E-state index is 11.0. The number of aryl methyl sites for hydroxylation is 1. The molecule has 0 unspecified atom stereocenters. The Morgan fingerprint density at radius 3 is 2.67 bits per heavy atom. The molecule has 0 atom stereocenters. The number of hydrogen-bond acceptors (Lipinski definition) is 4. The average molecular weight is 351 g/mol. The zero-order valence-corrected chi connectivity index (χ0v) is 13.3. The Hall–Kier alpha value is -2.08. The molecule has 0 radical (unpaired) electrons. The van der Waals surface area contributed by atoms with Crippen molar-refractivity contribution in [3.8, 4) is 5.75 Å². The van der Waals surface area contributed by atoms with E-state index in [0.29, 0.717) is 6.54 Å². The average Bonchev–Trinajstić information content (AvgIpc) is 2.48. The minimum absolute atomic E-state index is 0.0260. The molecule has 6 heteroatoms. The summed E-state index contributed by atoms with van der Waals surface area (Å²) >= 11 is 3.48. The number of halogens is 1. The Labute approximate surface area is 131 Å². The first kappa shape index (κ1) is 15.3. The normalized spacial score (nSPS) is 10.2. The highest BCUT2D eigenvalue weighted by Crippen LogP contribution is 2.28. The van der Waals surface area contributed by atoms with Crippen LogP contribution >= 0.6 is 15.9 Å². The van der Waals surface area contributed by atoms with Gasteiger partial charge < -0.3 is 10.1 Å². The minimum atomic E-state index is -0.440. The van der Waals surface area contributed by atoms with Crippen LogP contribution in [0.15, 0.2) is 40.9 Å². The van der Waals surface area contributed by atoms with Gasteiger partial charge >= 0.3 is 5.69 Å². The van der Waals surface area contributed by atoms with E-state index < -0.39 is 4.92 Å². The van der Waals surface area contributed by atoms with Gasteiger partial charge in [-0.1, -0.05) is 28.1 Å². The lowest BCUT2D eigenvalue weighted by Gasteiger charge is -2.09. The fraction of sp³-hybridized carbons (Fsp3) is 0.200. The zero-order valence-electron chi connectivity index (χ0n) is 11.7. The number of nitrogens with zero attached hydrogens (tertiary/aromatic N) is 1. The molecular formula is C15H15BrN2O3. The molecule has 0 aliphatic heterocycles. The molecule has 1 N–H and O–H groups in total. The third-order valence-electron chi connectivity index (χ3n) is 3.11. The Bertz CT molecular complexity index is 674. The van der Waals surface area contributed by atoms with Gasteiger partial charge in [0.2, 0.25) is 0 Å². The largest absolute Gasteiger partial charge is 0.490 e. The lowest BCUT2D eigenvalue weighted by atomic mass is 10.1. The van der Waals surface area contributed by atoms with Crippen LogP contribution in [0.5, 0.6) is 5.75 Å². The fourth-order valence-corrected chi connectivity index (χ4v) is 2.27. The Kier molecular flexibility index (Phi) is 4.80. The van der Waals surface area contributed by atoms with Crippen molar-refractivity contribution in [1.29, 1.82) is 0 Å². The second kappa shape index (κ2) is 6.58. The van der Waals surface area contributed by atoms with E-state index in [1.165, 1.54) is 13.2 Å². The maximum Gasteiger partial charge on any atom is 0.311 e. The summed E-state index contributed by atoms with van der Waals surface area (Å²) in [5, 5.41) is 14.2. The third-order valence-corrected chi connectivity index (χ3v) is 3.96. The first-order valence-corrected chi connectivity index (χ1v) is 7.12. The van der Waals surface area contributed by atoms with E-state index in [2.05, 4.69) is 21.2 Å². The van der Waals surface area contributed by atoms with Crippen LogP contribution in [-0.2, 0) is 6.54 Å². The molecule has 0 heterocycles. The molecule has 5 nitrogen and oxygen atoms in total. The number of anilines is 1. The van der Waals surface area contributed by atoms with E-state index in [4.69, 9.17) is 4.74 Å². The zero-order chi connectivity index (χ0) is 15.4. The van der Waals surface area contributed by atoms with Crippen LogP contribution in [0.1, 0.15) is 11.1 Å². The predicted molar refractivity (Wildman–Crippen MR) is 85.9 cm³/mol. The van der Waals surface area contributed by atoms with Crippen LogP contribution in [0.2, 0.25) is 0 Å². The first-order chi connectivity index (χ1) is 10.0. The number of methoxy groups -OCH3 is 1. The van der Waals surface area contributed by atoms with Crippen molar-refractivity contribution < 1.29 is 9.66 Å². The van der Waals surface area contributed by atoms with Gasteiger partial charge in [0.1, 0.15) is 0 Å². The number of benzene rings is 2. The van der Waals surface area contributed by atoms with Gasteiger partial charge in [-0.3, -0.25) is 10.1 Å². The van der Waals surface area contributed by atoms with E-state index in [1.807, 2.05) is 31.2 Å². The topological polar surface area (TPSA) is 64.4 Å². The SMILES string of the molecule is COc1ccc(CNc2ccc(C)c(Br)c2)cc1[N+](=O)[O-]. The second-order valence-electron chi connectivity index (χ2n) is 4.58. The predicted octanol–water partition coefficient (Wildman–Crippen LogP) is 4.29.